The molecule has 1 N–H and O–H groups in total. The Labute approximate surface area is 85.6 Å². The molecule has 1 heterocycles. The minimum atomic E-state index is 0.626. The Morgan fingerprint density at radius 1 is 1.62 bits per heavy atom. The van der Waals surface area contributed by atoms with Gasteiger partial charge in [0.25, 0.3) is 0 Å². The lowest BCUT2D eigenvalue weighted by Crippen LogP contribution is -2.31. The van der Waals surface area contributed by atoms with Gasteiger partial charge in [0.2, 0.25) is 0 Å². The Morgan fingerprint density at radius 3 is 2.85 bits per heavy atom. The fourth-order valence-electron chi connectivity index (χ4n) is 1.46. The first kappa shape index (κ1) is 10.9. The number of thioether (sulfide) groups is 1. The zero-order chi connectivity index (χ0) is 9.68. The lowest BCUT2D eigenvalue weighted by molar-refractivity contribution is 0.539. The van der Waals surface area contributed by atoms with Crippen LogP contribution in [0.1, 0.15) is 40.0 Å². The molecule has 0 spiro atoms. The SMILES string of the molecule is CCCC(CC)NC1=NCC(C)S1. The lowest BCUT2D eigenvalue weighted by atomic mass is 10.1. The number of hydrogen-bond donors (Lipinski definition) is 1. The third kappa shape index (κ3) is 3.59. The van der Waals surface area contributed by atoms with Gasteiger partial charge in [-0.3, -0.25) is 4.99 Å². The number of nitrogens with zero attached hydrogens (tertiary/aromatic N) is 1. The average molecular weight is 200 g/mol. The van der Waals surface area contributed by atoms with Crippen LogP contribution >= 0.6 is 11.8 Å². The molecule has 0 aromatic carbocycles. The molecule has 2 nitrogen and oxygen atoms in total. The van der Waals surface area contributed by atoms with E-state index in [2.05, 4.69) is 31.1 Å². The lowest BCUT2D eigenvalue weighted by Gasteiger charge is -2.16. The molecular formula is C10H20N2S. The zero-order valence-corrected chi connectivity index (χ0v) is 9.66. The Balaban J connectivity index is 2.29. The molecule has 0 saturated carbocycles. The molecule has 76 valence electrons. The first-order valence-electron chi connectivity index (χ1n) is 5.23. The third-order valence-corrected chi connectivity index (χ3v) is 3.28. The standard InChI is InChI=1S/C10H20N2S/c1-4-6-9(5-2)12-10-11-7-8(3)13-10/h8-9H,4-7H2,1-3H3,(H,11,12). The maximum Gasteiger partial charge on any atom is 0.157 e. The van der Waals surface area contributed by atoms with E-state index in [1.807, 2.05) is 11.8 Å². The monoisotopic (exact) mass is 200 g/mol. The molecule has 0 amide bonds. The number of aliphatic imine (C=N–C) groups is 1. The van der Waals surface area contributed by atoms with Gasteiger partial charge in [0.05, 0.1) is 6.54 Å². The van der Waals surface area contributed by atoms with Crippen LogP contribution in [0.4, 0.5) is 0 Å². The molecule has 1 aliphatic rings. The molecule has 3 heteroatoms. The first-order chi connectivity index (χ1) is 6.26. The van der Waals surface area contributed by atoms with Crippen LogP contribution in [0.3, 0.4) is 0 Å². The molecule has 2 unspecified atom stereocenters. The summed E-state index contributed by atoms with van der Waals surface area (Å²) in [5, 5.41) is 5.34. The maximum absolute atomic E-state index is 4.46. The van der Waals surface area contributed by atoms with E-state index in [1.165, 1.54) is 19.3 Å². The van der Waals surface area contributed by atoms with E-state index in [-0.39, 0.29) is 0 Å². The predicted octanol–water partition coefficient (Wildman–Crippen LogP) is 2.65. The molecule has 0 aromatic rings. The molecule has 1 aliphatic heterocycles. The summed E-state index contributed by atoms with van der Waals surface area (Å²) in [6, 6.07) is 0.626. The second kappa shape index (κ2) is 5.53. The largest absolute Gasteiger partial charge is 0.362 e. The van der Waals surface area contributed by atoms with Gasteiger partial charge in [-0.15, -0.1) is 0 Å². The topological polar surface area (TPSA) is 24.4 Å². The van der Waals surface area contributed by atoms with Crippen molar-refractivity contribution in [2.45, 2.75) is 51.3 Å². The summed E-state index contributed by atoms with van der Waals surface area (Å²) in [7, 11) is 0. The van der Waals surface area contributed by atoms with Crippen molar-refractivity contribution in [1.29, 1.82) is 0 Å². The minimum Gasteiger partial charge on any atom is -0.362 e. The van der Waals surface area contributed by atoms with E-state index < -0.39 is 0 Å². The van der Waals surface area contributed by atoms with E-state index in [0.29, 0.717) is 11.3 Å². The number of nitrogens with one attached hydrogen (secondary N) is 1. The summed E-state index contributed by atoms with van der Waals surface area (Å²) in [4.78, 5) is 4.46. The number of hydrogen-bond acceptors (Lipinski definition) is 3. The van der Waals surface area contributed by atoms with E-state index in [9.17, 15) is 0 Å². The van der Waals surface area contributed by atoms with Gasteiger partial charge < -0.3 is 5.32 Å². The summed E-state index contributed by atoms with van der Waals surface area (Å²) in [5.41, 5.74) is 0. The summed E-state index contributed by atoms with van der Waals surface area (Å²) in [5.74, 6) is 0. The predicted molar refractivity (Wildman–Crippen MR) is 61.5 cm³/mol. The van der Waals surface area contributed by atoms with Gasteiger partial charge >= 0.3 is 0 Å². The molecule has 0 aliphatic carbocycles. The van der Waals surface area contributed by atoms with Gasteiger partial charge in [-0.2, -0.15) is 0 Å². The highest BCUT2D eigenvalue weighted by molar-refractivity contribution is 8.14. The molecular weight excluding hydrogens is 180 g/mol. The van der Waals surface area contributed by atoms with E-state index in [0.717, 1.165) is 11.7 Å². The molecule has 0 radical (unpaired) electrons. The molecule has 13 heavy (non-hydrogen) atoms. The average Bonchev–Trinajstić information content (AvgIpc) is 2.50. The van der Waals surface area contributed by atoms with Gasteiger partial charge in [-0.1, -0.05) is 39.0 Å². The van der Waals surface area contributed by atoms with Crippen molar-refractivity contribution < 1.29 is 0 Å². The van der Waals surface area contributed by atoms with Gasteiger partial charge in [-0.05, 0) is 12.8 Å². The molecule has 0 saturated heterocycles. The fraction of sp³-hybridized carbons (Fsp3) is 0.900. The van der Waals surface area contributed by atoms with E-state index in [1.54, 1.807) is 0 Å². The highest BCUT2D eigenvalue weighted by atomic mass is 32.2. The second-order valence-electron chi connectivity index (χ2n) is 3.61. The second-order valence-corrected chi connectivity index (χ2v) is 5.04. The zero-order valence-electron chi connectivity index (χ0n) is 8.84. The normalized spacial score (nSPS) is 24.2. The number of rotatable bonds is 4. The summed E-state index contributed by atoms with van der Waals surface area (Å²) in [6.07, 6.45) is 3.70. The summed E-state index contributed by atoms with van der Waals surface area (Å²) >= 11 is 1.87. The summed E-state index contributed by atoms with van der Waals surface area (Å²) in [6.45, 7) is 7.67. The van der Waals surface area contributed by atoms with Crippen LogP contribution in [-0.4, -0.2) is 23.0 Å². The molecule has 1 rings (SSSR count). The maximum atomic E-state index is 4.46. The third-order valence-electron chi connectivity index (χ3n) is 2.26. The molecule has 0 fully saturated rings. The van der Waals surface area contributed by atoms with Crippen LogP contribution in [0.15, 0.2) is 4.99 Å². The van der Waals surface area contributed by atoms with Crippen molar-refractivity contribution in [3.05, 3.63) is 0 Å². The van der Waals surface area contributed by atoms with Crippen LogP contribution in [0.25, 0.3) is 0 Å². The van der Waals surface area contributed by atoms with Crippen LogP contribution in [0.5, 0.6) is 0 Å². The Morgan fingerprint density at radius 2 is 2.38 bits per heavy atom. The van der Waals surface area contributed by atoms with Gasteiger partial charge in [0.15, 0.2) is 5.17 Å². The van der Waals surface area contributed by atoms with Crippen molar-refractivity contribution in [2.75, 3.05) is 6.54 Å². The Bertz CT molecular complexity index is 180. The van der Waals surface area contributed by atoms with Crippen molar-refractivity contribution in [2.24, 2.45) is 4.99 Å². The molecule has 0 aromatic heterocycles. The fourth-order valence-corrected chi connectivity index (χ4v) is 2.37. The van der Waals surface area contributed by atoms with E-state index in [4.69, 9.17) is 0 Å². The van der Waals surface area contributed by atoms with Gasteiger partial charge in [-0.25, -0.2) is 0 Å². The highest BCUT2D eigenvalue weighted by Crippen LogP contribution is 2.19. The summed E-state index contributed by atoms with van der Waals surface area (Å²) < 4.78 is 0. The van der Waals surface area contributed by atoms with Crippen molar-refractivity contribution in [3.8, 4) is 0 Å². The van der Waals surface area contributed by atoms with E-state index >= 15 is 0 Å². The van der Waals surface area contributed by atoms with Crippen molar-refractivity contribution in [3.63, 3.8) is 0 Å². The van der Waals surface area contributed by atoms with Crippen LogP contribution in [0.2, 0.25) is 0 Å². The Kier molecular flexibility index (Phi) is 4.64. The highest BCUT2D eigenvalue weighted by Gasteiger charge is 2.16. The number of amidine groups is 1. The molecule has 0 bridgehead atoms. The molecule has 2 atom stereocenters. The van der Waals surface area contributed by atoms with Gasteiger partial charge in [0, 0.05) is 11.3 Å². The minimum absolute atomic E-state index is 0.626. The van der Waals surface area contributed by atoms with Crippen molar-refractivity contribution in [1.82, 2.24) is 5.32 Å². The first-order valence-corrected chi connectivity index (χ1v) is 6.11. The Hall–Kier alpha value is -0.180. The quantitative estimate of drug-likeness (QED) is 0.754. The van der Waals surface area contributed by atoms with Crippen LogP contribution in [-0.2, 0) is 0 Å². The van der Waals surface area contributed by atoms with Gasteiger partial charge in [0.1, 0.15) is 0 Å². The van der Waals surface area contributed by atoms with Crippen LogP contribution < -0.4 is 5.32 Å². The van der Waals surface area contributed by atoms with Crippen LogP contribution in [0, 0.1) is 0 Å². The van der Waals surface area contributed by atoms with Crippen molar-refractivity contribution >= 4 is 16.9 Å². The smallest absolute Gasteiger partial charge is 0.157 e.